The summed E-state index contributed by atoms with van der Waals surface area (Å²) in [5, 5.41) is 2.72. The van der Waals surface area contributed by atoms with Gasteiger partial charge in [-0.2, -0.15) is 8.61 Å². The number of amides is 1. The van der Waals surface area contributed by atoms with Gasteiger partial charge in [-0.15, -0.1) is 0 Å². The summed E-state index contributed by atoms with van der Waals surface area (Å²) in [5.74, 6) is -0.330. The van der Waals surface area contributed by atoms with Gasteiger partial charge >= 0.3 is 0 Å². The third kappa shape index (κ3) is 6.15. The fraction of sp³-hybridized carbons (Fsp3) is 0.480. The van der Waals surface area contributed by atoms with Gasteiger partial charge in [0.2, 0.25) is 20.0 Å². The molecule has 2 saturated heterocycles. The number of methoxy groups -OCH3 is 1. The van der Waals surface area contributed by atoms with Crippen molar-refractivity contribution in [3.05, 3.63) is 48.0 Å². The average Bonchev–Trinajstić information content (AvgIpc) is 3.19. The Morgan fingerprint density at radius 3 is 1.97 bits per heavy atom. The third-order valence-electron chi connectivity index (χ3n) is 6.82. The molecule has 12 heteroatoms. The molecule has 0 bridgehead atoms. The van der Waals surface area contributed by atoms with Crippen LogP contribution in [-0.2, 0) is 20.0 Å². The minimum atomic E-state index is -3.84. The van der Waals surface area contributed by atoms with Crippen molar-refractivity contribution in [1.29, 1.82) is 0 Å². The van der Waals surface area contributed by atoms with E-state index in [2.05, 4.69) is 10.2 Å². The second kappa shape index (κ2) is 11.5. The monoisotopic (exact) mass is 550 g/mol. The van der Waals surface area contributed by atoms with E-state index in [0.29, 0.717) is 45.0 Å². The summed E-state index contributed by atoms with van der Waals surface area (Å²) in [5.41, 5.74) is 0.554. The average molecular weight is 551 g/mol. The number of sulfonamides is 2. The number of rotatable bonds is 7. The van der Waals surface area contributed by atoms with Gasteiger partial charge < -0.3 is 15.0 Å². The molecule has 2 fully saturated rings. The SMILES string of the molecule is COc1ccc(C(=O)Nc2ccc(S(=O)(=O)N3CCN(C)CC3)cc2)cc1S(=O)(=O)N1CCCCCC1. The first-order valence-corrected chi connectivity index (χ1v) is 15.3. The number of likely N-dealkylation sites (N-methyl/N-ethyl adjacent to an activating group) is 1. The lowest BCUT2D eigenvalue weighted by Crippen LogP contribution is -2.46. The predicted octanol–water partition coefficient (Wildman–Crippen LogP) is 2.45. The van der Waals surface area contributed by atoms with E-state index in [1.54, 1.807) is 0 Å². The molecule has 2 aromatic rings. The maximum Gasteiger partial charge on any atom is 0.255 e. The molecule has 0 saturated carbocycles. The van der Waals surface area contributed by atoms with Gasteiger partial charge in [0.15, 0.2) is 0 Å². The number of carbonyl (C=O) groups excluding carboxylic acids is 1. The molecule has 0 unspecified atom stereocenters. The number of benzene rings is 2. The second-order valence-electron chi connectivity index (χ2n) is 9.37. The summed E-state index contributed by atoms with van der Waals surface area (Å²) in [7, 11) is -4.10. The first-order chi connectivity index (χ1) is 17.6. The highest BCUT2D eigenvalue weighted by molar-refractivity contribution is 7.89. The van der Waals surface area contributed by atoms with E-state index in [4.69, 9.17) is 4.74 Å². The summed E-state index contributed by atoms with van der Waals surface area (Å²) < 4.78 is 60.9. The number of nitrogens with one attached hydrogen (secondary N) is 1. The fourth-order valence-electron chi connectivity index (χ4n) is 4.53. The van der Waals surface area contributed by atoms with E-state index in [1.807, 2.05) is 7.05 Å². The van der Waals surface area contributed by atoms with Crippen LogP contribution < -0.4 is 10.1 Å². The molecule has 0 radical (unpaired) electrons. The number of ether oxygens (including phenoxy) is 1. The Balaban J connectivity index is 1.51. The van der Waals surface area contributed by atoms with Gasteiger partial charge in [-0.1, -0.05) is 12.8 Å². The van der Waals surface area contributed by atoms with E-state index in [9.17, 15) is 21.6 Å². The number of hydrogen-bond donors (Lipinski definition) is 1. The second-order valence-corrected chi connectivity index (χ2v) is 13.2. The minimum Gasteiger partial charge on any atom is -0.495 e. The first-order valence-electron chi connectivity index (χ1n) is 12.4. The summed E-state index contributed by atoms with van der Waals surface area (Å²) in [6, 6.07) is 10.3. The van der Waals surface area contributed by atoms with Gasteiger partial charge in [0.1, 0.15) is 10.6 Å². The van der Waals surface area contributed by atoms with Gasteiger partial charge in [-0.3, -0.25) is 4.79 Å². The van der Waals surface area contributed by atoms with Crippen molar-refractivity contribution in [3.8, 4) is 5.75 Å². The minimum absolute atomic E-state index is 0.0434. The van der Waals surface area contributed by atoms with Crippen molar-refractivity contribution in [2.45, 2.75) is 35.5 Å². The van der Waals surface area contributed by atoms with Gasteiger partial charge in [-0.25, -0.2) is 16.8 Å². The Morgan fingerprint density at radius 2 is 1.38 bits per heavy atom. The van der Waals surface area contributed by atoms with Crippen molar-refractivity contribution in [2.75, 3.05) is 58.7 Å². The van der Waals surface area contributed by atoms with Crippen LogP contribution in [0.2, 0.25) is 0 Å². The van der Waals surface area contributed by atoms with Crippen LogP contribution in [0, 0.1) is 0 Å². The van der Waals surface area contributed by atoms with Gasteiger partial charge in [0, 0.05) is 50.5 Å². The predicted molar refractivity (Wildman–Crippen MR) is 141 cm³/mol. The molecule has 0 spiro atoms. The molecular weight excluding hydrogens is 516 g/mol. The maximum absolute atomic E-state index is 13.4. The van der Waals surface area contributed by atoms with Crippen LogP contribution in [0.25, 0.3) is 0 Å². The van der Waals surface area contributed by atoms with Crippen molar-refractivity contribution in [1.82, 2.24) is 13.5 Å². The van der Waals surface area contributed by atoms with Crippen LogP contribution in [0.5, 0.6) is 5.75 Å². The van der Waals surface area contributed by atoms with Gasteiger partial charge in [-0.05, 0) is 62.4 Å². The van der Waals surface area contributed by atoms with Crippen LogP contribution in [0.3, 0.4) is 0 Å². The van der Waals surface area contributed by atoms with E-state index >= 15 is 0 Å². The van der Waals surface area contributed by atoms with Crippen LogP contribution in [-0.4, -0.2) is 89.7 Å². The maximum atomic E-state index is 13.4. The number of carbonyl (C=O) groups is 1. The quantitative estimate of drug-likeness (QED) is 0.563. The largest absolute Gasteiger partial charge is 0.495 e. The molecule has 4 rings (SSSR count). The van der Waals surface area contributed by atoms with E-state index in [1.165, 1.54) is 58.2 Å². The normalized spacial score (nSPS) is 18.8. The highest BCUT2D eigenvalue weighted by Gasteiger charge is 2.30. The van der Waals surface area contributed by atoms with E-state index in [-0.39, 0.29) is 21.1 Å². The smallest absolute Gasteiger partial charge is 0.255 e. The molecular formula is C25H34N4O6S2. The molecule has 0 atom stereocenters. The van der Waals surface area contributed by atoms with Gasteiger partial charge in [0.25, 0.3) is 5.91 Å². The highest BCUT2D eigenvalue weighted by atomic mass is 32.2. The van der Waals surface area contributed by atoms with Crippen molar-refractivity contribution < 1.29 is 26.4 Å². The summed E-state index contributed by atoms with van der Waals surface area (Å²) >= 11 is 0. The lowest BCUT2D eigenvalue weighted by molar-refractivity contribution is 0.102. The molecule has 10 nitrogen and oxygen atoms in total. The molecule has 0 aromatic heterocycles. The Kier molecular flexibility index (Phi) is 8.54. The van der Waals surface area contributed by atoms with Crippen LogP contribution >= 0.6 is 0 Å². The fourth-order valence-corrected chi connectivity index (χ4v) is 7.65. The Hall–Kier alpha value is -2.51. The van der Waals surface area contributed by atoms with Crippen molar-refractivity contribution in [2.24, 2.45) is 0 Å². The lowest BCUT2D eigenvalue weighted by Gasteiger charge is -2.31. The molecule has 1 N–H and O–H groups in total. The molecule has 2 aromatic carbocycles. The molecule has 37 heavy (non-hydrogen) atoms. The Morgan fingerprint density at radius 1 is 0.784 bits per heavy atom. The Bertz CT molecular complexity index is 1310. The number of piperazine rings is 1. The van der Waals surface area contributed by atoms with Crippen LogP contribution in [0.15, 0.2) is 52.3 Å². The van der Waals surface area contributed by atoms with Crippen LogP contribution in [0.1, 0.15) is 36.0 Å². The summed E-state index contributed by atoms with van der Waals surface area (Å²) in [4.78, 5) is 15.2. The lowest BCUT2D eigenvalue weighted by atomic mass is 10.2. The summed E-state index contributed by atoms with van der Waals surface area (Å²) in [6.07, 6.45) is 3.56. The standard InChI is InChI=1S/C25H34N4O6S2/c1-27-15-17-29(18-16-27)36(31,32)22-10-8-21(9-11-22)26-25(30)20-7-12-23(35-2)24(19-20)37(33,34)28-13-5-3-4-6-14-28/h7-12,19H,3-6,13-18H2,1-2H3,(H,26,30). The zero-order chi connectivity index (χ0) is 26.6. The topological polar surface area (TPSA) is 116 Å². The summed E-state index contributed by atoms with van der Waals surface area (Å²) in [6.45, 7) is 3.07. The third-order valence-corrected chi connectivity index (χ3v) is 10.7. The van der Waals surface area contributed by atoms with Gasteiger partial charge in [0.05, 0.1) is 12.0 Å². The molecule has 2 aliphatic heterocycles. The van der Waals surface area contributed by atoms with Crippen molar-refractivity contribution in [3.63, 3.8) is 0 Å². The molecule has 1 amide bonds. The Labute approximate surface area is 219 Å². The van der Waals surface area contributed by atoms with Crippen LogP contribution in [0.4, 0.5) is 5.69 Å². The number of hydrogen-bond acceptors (Lipinski definition) is 7. The first kappa shape index (κ1) is 27.5. The highest BCUT2D eigenvalue weighted by Crippen LogP contribution is 2.30. The van der Waals surface area contributed by atoms with Crippen molar-refractivity contribution >= 4 is 31.6 Å². The van der Waals surface area contributed by atoms with E-state index < -0.39 is 26.0 Å². The molecule has 202 valence electrons. The zero-order valence-electron chi connectivity index (χ0n) is 21.2. The molecule has 2 aliphatic rings. The van der Waals surface area contributed by atoms with E-state index in [0.717, 1.165) is 25.7 Å². The molecule has 0 aliphatic carbocycles. The number of anilines is 1. The molecule has 2 heterocycles. The number of nitrogens with zero attached hydrogens (tertiary/aromatic N) is 3. The zero-order valence-corrected chi connectivity index (χ0v) is 22.9.